The van der Waals surface area contributed by atoms with Crippen LogP contribution in [0.5, 0.6) is 0 Å². The first-order valence-electron chi connectivity index (χ1n) is 14.8. The number of anilines is 2. The van der Waals surface area contributed by atoms with Gasteiger partial charge >= 0.3 is 11.4 Å². The van der Waals surface area contributed by atoms with Crippen LogP contribution >= 0.6 is 23.2 Å². The first-order valence-corrected chi connectivity index (χ1v) is 15.6. The van der Waals surface area contributed by atoms with Crippen LogP contribution in [0.3, 0.4) is 0 Å². The van der Waals surface area contributed by atoms with Crippen LogP contribution in [0.15, 0.2) is 98.1 Å². The van der Waals surface area contributed by atoms with Gasteiger partial charge in [-0.25, -0.2) is 9.59 Å². The van der Waals surface area contributed by atoms with Crippen molar-refractivity contribution < 1.29 is 8.98 Å². The number of hydrogen-bond acceptors (Lipinski definition) is 8. The quantitative estimate of drug-likeness (QED) is 0.169. The van der Waals surface area contributed by atoms with Crippen LogP contribution in [0.1, 0.15) is 6.92 Å². The molecular formula is C33H24Cl2N9O4+. The van der Waals surface area contributed by atoms with E-state index in [1.165, 1.54) is 21.4 Å². The van der Waals surface area contributed by atoms with Crippen molar-refractivity contribution >= 4 is 78.8 Å². The van der Waals surface area contributed by atoms with Gasteiger partial charge in [-0.05, 0) is 55.5 Å². The molecule has 0 aliphatic rings. The zero-order valence-electron chi connectivity index (χ0n) is 25.0. The molecule has 0 fully saturated rings. The van der Waals surface area contributed by atoms with Crippen molar-refractivity contribution in [2.24, 2.45) is 0 Å². The normalized spacial score (nSPS) is 11.6. The lowest BCUT2D eigenvalue weighted by molar-refractivity contribution is -0.691. The Labute approximate surface area is 279 Å². The number of halogens is 2. The maximum atomic E-state index is 13.6. The molecule has 0 atom stereocenters. The lowest BCUT2D eigenvalue weighted by atomic mass is 10.2. The molecule has 0 aliphatic carbocycles. The van der Waals surface area contributed by atoms with E-state index < -0.39 is 11.4 Å². The van der Waals surface area contributed by atoms with Gasteiger partial charge in [0.15, 0.2) is 29.6 Å². The summed E-state index contributed by atoms with van der Waals surface area (Å²) >= 11 is 12.7. The van der Waals surface area contributed by atoms with Crippen molar-refractivity contribution in [2.75, 3.05) is 17.2 Å². The van der Waals surface area contributed by atoms with Crippen LogP contribution in [0.25, 0.3) is 55.4 Å². The zero-order valence-corrected chi connectivity index (χ0v) is 26.6. The number of benzene rings is 2. The third kappa shape index (κ3) is 4.87. The van der Waals surface area contributed by atoms with Gasteiger partial charge in [-0.3, -0.25) is 13.9 Å². The third-order valence-electron chi connectivity index (χ3n) is 7.94. The predicted octanol–water partition coefficient (Wildman–Crippen LogP) is 5.10. The van der Waals surface area contributed by atoms with Crippen LogP contribution in [0, 0.1) is 0 Å². The molecule has 0 aliphatic heterocycles. The van der Waals surface area contributed by atoms with Crippen LogP contribution in [-0.2, 0) is 6.67 Å². The van der Waals surface area contributed by atoms with E-state index in [1.807, 2.05) is 19.1 Å². The van der Waals surface area contributed by atoms with Crippen molar-refractivity contribution in [3.05, 3.63) is 121 Å². The number of hydrogen-bond donors (Lipinski definition) is 4. The molecule has 6 heterocycles. The fourth-order valence-corrected chi connectivity index (χ4v) is 6.30. The minimum Gasteiger partial charge on any atom is -0.450 e. The summed E-state index contributed by atoms with van der Waals surface area (Å²) in [7, 11) is 0. The summed E-state index contributed by atoms with van der Waals surface area (Å²) in [5.74, 6) is 0.632. The van der Waals surface area contributed by atoms with Gasteiger partial charge in [0.1, 0.15) is 22.3 Å². The van der Waals surface area contributed by atoms with Gasteiger partial charge < -0.3 is 25.0 Å². The molecule has 15 heteroatoms. The van der Waals surface area contributed by atoms with Gasteiger partial charge in [-0.15, -0.1) is 0 Å². The molecule has 6 aromatic heterocycles. The molecule has 2 aromatic carbocycles. The number of H-pyrrole nitrogens is 2. The van der Waals surface area contributed by atoms with E-state index in [0.717, 1.165) is 10.9 Å². The Kier molecular flexibility index (Phi) is 7.00. The Morgan fingerprint density at radius 2 is 1.60 bits per heavy atom. The van der Waals surface area contributed by atoms with Gasteiger partial charge in [0.25, 0.3) is 0 Å². The molecule has 48 heavy (non-hydrogen) atoms. The van der Waals surface area contributed by atoms with Crippen LogP contribution in [0.2, 0.25) is 10.0 Å². The molecule has 13 nitrogen and oxygen atoms in total. The Morgan fingerprint density at radius 3 is 2.40 bits per heavy atom. The Bertz CT molecular complexity index is 2760. The SMILES string of the molecule is CCNc1nc(=O)n(-c2ccc[n+](CNc3nc(=O)n(-c4cc[nH]c(=O)c4)c4c3oc3ccc(Cl)cc34)c2)c2c1[nH]c1ccc(Cl)cc12. The zero-order chi connectivity index (χ0) is 33.1. The second kappa shape index (κ2) is 11.4. The molecule has 8 aromatic rings. The molecule has 4 N–H and O–H groups in total. The second-order valence-corrected chi connectivity index (χ2v) is 11.8. The molecule has 0 bridgehead atoms. The molecule has 238 valence electrons. The maximum absolute atomic E-state index is 13.6. The number of rotatable bonds is 7. The minimum absolute atomic E-state index is 0.142. The van der Waals surface area contributed by atoms with E-state index in [4.69, 9.17) is 27.6 Å². The van der Waals surface area contributed by atoms with E-state index in [-0.39, 0.29) is 18.0 Å². The monoisotopic (exact) mass is 680 g/mol. The molecule has 0 amide bonds. The smallest absolute Gasteiger partial charge is 0.354 e. The molecule has 0 spiro atoms. The van der Waals surface area contributed by atoms with E-state index in [2.05, 4.69) is 30.6 Å². The molecule has 0 radical (unpaired) electrons. The van der Waals surface area contributed by atoms with E-state index in [1.54, 1.807) is 59.4 Å². The van der Waals surface area contributed by atoms with Gasteiger partial charge in [0.2, 0.25) is 12.2 Å². The summed E-state index contributed by atoms with van der Waals surface area (Å²) in [5.41, 5.74) is 2.66. The van der Waals surface area contributed by atoms with Crippen LogP contribution in [-0.4, -0.2) is 35.6 Å². The van der Waals surface area contributed by atoms with Crippen molar-refractivity contribution in [3.63, 3.8) is 0 Å². The summed E-state index contributed by atoms with van der Waals surface area (Å²) < 4.78 is 10.8. The number of aromatic amines is 2. The fourth-order valence-electron chi connectivity index (χ4n) is 5.95. The maximum Gasteiger partial charge on any atom is 0.354 e. The average Bonchev–Trinajstić information content (AvgIpc) is 3.63. The second-order valence-electron chi connectivity index (χ2n) is 11.0. The number of furan rings is 1. The van der Waals surface area contributed by atoms with Gasteiger partial charge in [-0.1, -0.05) is 23.2 Å². The van der Waals surface area contributed by atoms with Gasteiger partial charge in [0, 0.05) is 51.2 Å². The largest absolute Gasteiger partial charge is 0.450 e. The van der Waals surface area contributed by atoms with E-state index in [0.29, 0.717) is 66.9 Å². The predicted molar refractivity (Wildman–Crippen MR) is 185 cm³/mol. The number of nitrogens with zero attached hydrogens (tertiary/aromatic N) is 5. The molecule has 0 saturated carbocycles. The first-order chi connectivity index (χ1) is 23.3. The Balaban J connectivity index is 1.24. The van der Waals surface area contributed by atoms with Crippen LogP contribution in [0.4, 0.5) is 11.6 Å². The molecule has 0 unspecified atom stereocenters. The summed E-state index contributed by atoms with van der Waals surface area (Å²) in [4.78, 5) is 53.8. The highest BCUT2D eigenvalue weighted by Crippen LogP contribution is 2.34. The minimum atomic E-state index is -0.629. The van der Waals surface area contributed by atoms with Crippen LogP contribution < -0.4 is 32.1 Å². The lowest BCUT2D eigenvalue weighted by Gasteiger charge is -2.11. The standard InChI is InChI=1S/C33H23Cl2N9O4/c1-2-36-30-26-27(21-12-17(34)5-7-23(21)39-26)44(32(46)40-30)20-4-3-11-42(15-20)16-38-31-29-28(22-13-18(35)6-8-24(22)48-29)43(33(47)41-31)19-9-10-37-25(45)14-19/h3-15H,2,16H2,1H3,(H3-,36,37,38,39,40,41,45,46,47)/p+1. The summed E-state index contributed by atoms with van der Waals surface area (Å²) in [5, 5.41) is 8.70. The van der Waals surface area contributed by atoms with Gasteiger partial charge in [0.05, 0.1) is 11.2 Å². The highest BCUT2D eigenvalue weighted by Gasteiger charge is 2.22. The Hall–Kier alpha value is -5.92. The fraction of sp³-hybridized carbons (Fsp3) is 0.0909. The average molecular weight is 682 g/mol. The third-order valence-corrected chi connectivity index (χ3v) is 8.41. The summed E-state index contributed by atoms with van der Waals surface area (Å²) in [6, 6.07) is 17.0. The lowest BCUT2D eigenvalue weighted by Crippen LogP contribution is -2.38. The number of nitrogens with one attached hydrogen (secondary N) is 4. The van der Waals surface area contributed by atoms with E-state index >= 15 is 0 Å². The number of aromatic nitrogens is 7. The van der Waals surface area contributed by atoms with Gasteiger partial charge in [-0.2, -0.15) is 14.5 Å². The highest BCUT2D eigenvalue weighted by molar-refractivity contribution is 6.32. The Morgan fingerprint density at radius 1 is 0.854 bits per heavy atom. The molecule has 0 saturated heterocycles. The van der Waals surface area contributed by atoms with Crippen molar-refractivity contribution in [1.29, 1.82) is 0 Å². The molecular weight excluding hydrogens is 657 g/mol. The van der Waals surface area contributed by atoms with Crippen molar-refractivity contribution in [3.8, 4) is 11.4 Å². The van der Waals surface area contributed by atoms with Crippen molar-refractivity contribution in [2.45, 2.75) is 13.6 Å². The number of fused-ring (bicyclic) bond motifs is 6. The summed E-state index contributed by atoms with van der Waals surface area (Å²) in [6.45, 7) is 2.65. The molecule has 8 rings (SSSR count). The number of pyridine rings is 2. The van der Waals surface area contributed by atoms with Crippen molar-refractivity contribution in [1.82, 2.24) is 29.1 Å². The first kappa shape index (κ1) is 29.5. The highest BCUT2D eigenvalue weighted by atomic mass is 35.5. The summed E-state index contributed by atoms with van der Waals surface area (Å²) in [6.07, 6.45) is 5.03. The topological polar surface area (TPSA) is 160 Å². The van der Waals surface area contributed by atoms with E-state index in [9.17, 15) is 14.4 Å².